The number of carboxylic acids is 1. The standard InChI is InChI=1S/C18H27NO3/c1-4-9-19(10-5-2)16-8-7-13-11-15(18(20)21)17(22-6-3)12-14(13)16/h11-12,16H,4-10H2,1-3H3,(H,20,21). The lowest BCUT2D eigenvalue weighted by molar-refractivity contribution is 0.0692. The molecule has 0 saturated heterocycles. The smallest absolute Gasteiger partial charge is 0.339 e. The predicted octanol–water partition coefficient (Wildman–Crippen LogP) is 3.89. The molecule has 122 valence electrons. The maximum atomic E-state index is 11.4. The van der Waals surface area contributed by atoms with Crippen LogP contribution in [0.1, 0.15) is 67.6 Å². The van der Waals surface area contributed by atoms with E-state index in [1.165, 1.54) is 11.1 Å². The summed E-state index contributed by atoms with van der Waals surface area (Å²) in [4.78, 5) is 14.0. The number of ether oxygens (including phenoxy) is 1. The fourth-order valence-corrected chi connectivity index (χ4v) is 3.43. The summed E-state index contributed by atoms with van der Waals surface area (Å²) in [5.41, 5.74) is 2.72. The normalized spacial score (nSPS) is 16.8. The van der Waals surface area contributed by atoms with Gasteiger partial charge in [0.05, 0.1) is 6.61 Å². The molecule has 0 aliphatic heterocycles. The van der Waals surface area contributed by atoms with Crippen LogP contribution in [0.25, 0.3) is 0 Å². The predicted molar refractivity (Wildman–Crippen MR) is 87.8 cm³/mol. The number of hydrogen-bond donors (Lipinski definition) is 1. The summed E-state index contributed by atoms with van der Waals surface area (Å²) in [5, 5.41) is 9.38. The second-order valence-corrected chi connectivity index (χ2v) is 5.88. The highest BCUT2D eigenvalue weighted by Crippen LogP contribution is 2.39. The van der Waals surface area contributed by atoms with Gasteiger partial charge in [-0.1, -0.05) is 13.8 Å². The highest BCUT2D eigenvalue weighted by molar-refractivity contribution is 5.91. The van der Waals surface area contributed by atoms with Gasteiger partial charge in [-0.05, 0) is 69.0 Å². The molecule has 1 aromatic carbocycles. The molecule has 0 fully saturated rings. The minimum atomic E-state index is -0.909. The SMILES string of the molecule is CCCN(CCC)C1CCc2cc(C(=O)O)c(OCC)cc21. The molecule has 2 rings (SSSR count). The van der Waals surface area contributed by atoms with Gasteiger partial charge in [0.2, 0.25) is 0 Å². The molecule has 1 N–H and O–H groups in total. The van der Waals surface area contributed by atoms with Gasteiger partial charge in [-0.3, -0.25) is 4.90 Å². The molecule has 1 aliphatic carbocycles. The monoisotopic (exact) mass is 305 g/mol. The largest absolute Gasteiger partial charge is 0.493 e. The minimum absolute atomic E-state index is 0.291. The molecule has 4 heteroatoms. The first-order chi connectivity index (χ1) is 10.6. The third kappa shape index (κ3) is 3.43. The van der Waals surface area contributed by atoms with Gasteiger partial charge in [0.15, 0.2) is 0 Å². The van der Waals surface area contributed by atoms with Gasteiger partial charge in [0, 0.05) is 6.04 Å². The van der Waals surface area contributed by atoms with Crippen molar-refractivity contribution in [3.63, 3.8) is 0 Å². The van der Waals surface area contributed by atoms with Crippen LogP contribution in [0.4, 0.5) is 0 Å². The molecule has 1 unspecified atom stereocenters. The van der Waals surface area contributed by atoms with Gasteiger partial charge >= 0.3 is 5.97 Å². The Bertz CT molecular complexity index is 521. The van der Waals surface area contributed by atoms with Crippen LogP contribution in [0.5, 0.6) is 5.75 Å². The van der Waals surface area contributed by atoms with Crippen molar-refractivity contribution in [3.8, 4) is 5.75 Å². The minimum Gasteiger partial charge on any atom is -0.493 e. The Labute approximate surface area is 133 Å². The third-order valence-corrected chi connectivity index (χ3v) is 4.28. The Morgan fingerprint density at radius 1 is 1.27 bits per heavy atom. The lowest BCUT2D eigenvalue weighted by Gasteiger charge is -2.29. The number of rotatable bonds is 8. The summed E-state index contributed by atoms with van der Waals surface area (Å²) in [6.45, 7) is 8.95. The second-order valence-electron chi connectivity index (χ2n) is 5.88. The Hall–Kier alpha value is -1.55. The molecule has 0 saturated carbocycles. The first-order valence-corrected chi connectivity index (χ1v) is 8.39. The third-order valence-electron chi connectivity index (χ3n) is 4.28. The van der Waals surface area contributed by atoms with E-state index in [0.29, 0.717) is 24.0 Å². The van der Waals surface area contributed by atoms with Crippen molar-refractivity contribution < 1.29 is 14.6 Å². The highest BCUT2D eigenvalue weighted by atomic mass is 16.5. The fourth-order valence-electron chi connectivity index (χ4n) is 3.43. The topological polar surface area (TPSA) is 49.8 Å². The Morgan fingerprint density at radius 3 is 2.50 bits per heavy atom. The number of carbonyl (C=O) groups is 1. The lowest BCUT2D eigenvalue weighted by atomic mass is 10.0. The molecule has 0 radical (unpaired) electrons. The van der Waals surface area contributed by atoms with Gasteiger partial charge in [0.1, 0.15) is 11.3 Å². The maximum absolute atomic E-state index is 11.4. The van der Waals surface area contributed by atoms with E-state index in [2.05, 4.69) is 18.7 Å². The van der Waals surface area contributed by atoms with Gasteiger partial charge in [0.25, 0.3) is 0 Å². The number of carboxylic acid groups (broad SMARTS) is 1. The van der Waals surface area contributed by atoms with E-state index in [-0.39, 0.29) is 0 Å². The number of nitrogens with zero attached hydrogens (tertiary/aromatic N) is 1. The Kier molecular flexibility index (Phi) is 5.83. The van der Waals surface area contributed by atoms with Crippen molar-refractivity contribution in [2.45, 2.75) is 52.5 Å². The summed E-state index contributed by atoms with van der Waals surface area (Å²) < 4.78 is 5.57. The van der Waals surface area contributed by atoms with E-state index < -0.39 is 5.97 Å². The van der Waals surface area contributed by atoms with E-state index in [0.717, 1.165) is 38.8 Å². The van der Waals surface area contributed by atoms with Crippen molar-refractivity contribution in [1.82, 2.24) is 4.90 Å². The van der Waals surface area contributed by atoms with Crippen LogP contribution in [0.2, 0.25) is 0 Å². The Morgan fingerprint density at radius 2 is 1.95 bits per heavy atom. The van der Waals surface area contributed by atoms with Gasteiger partial charge in [-0.25, -0.2) is 4.79 Å². The van der Waals surface area contributed by atoms with E-state index in [1.807, 2.05) is 19.1 Å². The molecule has 4 nitrogen and oxygen atoms in total. The molecule has 1 aromatic rings. The van der Waals surface area contributed by atoms with Crippen molar-refractivity contribution >= 4 is 5.97 Å². The number of benzene rings is 1. The molecule has 0 spiro atoms. The van der Waals surface area contributed by atoms with Crippen LogP contribution < -0.4 is 4.74 Å². The average molecular weight is 305 g/mol. The number of aromatic carboxylic acids is 1. The van der Waals surface area contributed by atoms with Crippen molar-refractivity contribution in [2.75, 3.05) is 19.7 Å². The van der Waals surface area contributed by atoms with Gasteiger partial charge < -0.3 is 9.84 Å². The van der Waals surface area contributed by atoms with Crippen LogP contribution in [-0.4, -0.2) is 35.7 Å². The number of aryl methyl sites for hydroxylation is 1. The fraction of sp³-hybridized carbons (Fsp3) is 0.611. The van der Waals surface area contributed by atoms with Gasteiger partial charge in [-0.15, -0.1) is 0 Å². The molecule has 0 aromatic heterocycles. The molecule has 0 bridgehead atoms. The molecule has 22 heavy (non-hydrogen) atoms. The summed E-state index contributed by atoms with van der Waals surface area (Å²) in [6.07, 6.45) is 4.30. The highest BCUT2D eigenvalue weighted by Gasteiger charge is 2.29. The van der Waals surface area contributed by atoms with Crippen molar-refractivity contribution in [2.24, 2.45) is 0 Å². The molecule has 1 aliphatic rings. The number of fused-ring (bicyclic) bond motifs is 1. The van der Waals surface area contributed by atoms with E-state index >= 15 is 0 Å². The summed E-state index contributed by atoms with van der Waals surface area (Å²) in [6, 6.07) is 4.19. The van der Waals surface area contributed by atoms with Crippen LogP contribution in [0, 0.1) is 0 Å². The molecular formula is C18H27NO3. The van der Waals surface area contributed by atoms with Crippen LogP contribution in [-0.2, 0) is 6.42 Å². The zero-order valence-corrected chi connectivity index (χ0v) is 13.9. The maximum Gasteiger partial charge on any atom is 0.339 e. The number of hydrogen-bond acceptors (Lipinski definition) is 3. The van der Waals surface area contributed by atoms with E-state index in [1.54, 1.807) is 0 Å². The van der Waals surface area contributed by atoms with E-state index in [4.69, 9.17) is 4.74 Å². The summed E-state index contributed by atoms with van der Waals surface area (Å²) in [7, 11) is 0. The zero-order chi connectivity index (χ0) is 16.1. The molecular weight excluding hydrogens is 278 g/mol. The van der Waals surface area contributed by atoms with Crippen molar-refractivity contribution in [1.29, 1.82) is 0 Å². The van der Waals surface area contributed by atoms with Crippen LogP contribution >= 0.6 is 0 Å². The zero-order valence-electron chi connectivity index (χ0n) is 13.9. The van der Waals surface area contributed by atoms with E-state index in [9.17, 15) is 9.90 Å². The van der Waals surface area contributed by atoms with Gasteiger partial charge in [-0.2, -0.15) is 0 Å². The first kappa shape index (κ1) is 16.8. The molecule has 1 atom stereocenters. The first-order valence-electron chi connectivity index (χ1n) is 8.39. The van der Waals surface area contributed by atoms with Crippen LogP contribution in [0.3, 0.4) is 0 Å². The summed E-state index contributed by atoms with van der Waals surface area (Å²) >= 11 is 0. The Balaban J connectivity index is 2.37. The van der Waals surface area contributed by atoms with Crippen molar-refractivity contribution in [3.05, 3.63) is 28.8 Å². The lowest BCUT2D eigenvalue weighted by Crippen LogP contribution is -2.29. The molecule has 0 heterocycles. The molecule has 0 amide bonds. The quantitative estimate of drug-likeness (QED) is 0.791. The van der Waals surface area contributed by atoms with Crippen LogP contribution in [0.15, 0.2) is 12.1 Å². The average Bonchev–Trinajstić information content (AvgIpc) is 2.89. The summed E-state index contributed by atoms with van der Waals surface area (Å²) in [5.74, 6) is -0.401. The second kappa shape index (κ2) is 7.63.